The van der Waals surface area contributed by atoms with Gasteiger partial charge in [0.1, 0.15) is 0 Å². The molecule has 1 atom stereocenters. The summed E-state index contributed by atoms with van der Waals surface area (Å²) in [7, 11) is 0. The quantitative estimate of drug-likeness (QED) is 0.726. The Labute approximate surface area is 91.6 Å². The molecule has 0 aromatic carbocycles. The Morgan fingerprint density at radius 2 is 2.27 bits per heavy atom. The maximum absolute atomic E-state index is 10.9. The molecule has 1 rings (SSSR count). The van der Waals surface area contributed by atoms with Crippen molar-refractivity contribution in [3.8, 4) is 0 Å². The fraction of sp³-hybridized carbons (Fsp3) is 0.909. The van der Waals surface area contributed by atoms with Gasteiger partial charge >= 0.3 is 5.97 Å². The van der Waals surface area contributed by atoms with Crippen LogP contribution < -0.4 is 5.32 Å². The van der Waals surface area contributed by atoms with Crippen molar-refractivity contribution < 1.29 is 9.90 Å². The van der Waals surface area contributed by atoms with Crippen molar-refractivity contribution in [3.63, 3.8) is 0 Å². The molecule has 1 unspecified atom stereocenters. The topological polar surface area (TPSA) is 52.6 Å². The summed E-state index contributed by atoms with van der Waals surface area (Å²) < 4.78 is 0. The van der Waals surface area contributed by atoms with Crippen LogP contribution in [0.1, 0.15) is 27.2 Å². The lowest BCUT2D eigenvalue weighted by Gasteiger charge is -2.35. The van der Waals surface area contributed by atoms with E-state index in [4.69, 9.17) is 5.11 Å². The SMILES string of the molecule is CC1CNCCN1CCC(C)(C)C(=O)O. The van der Waals surface area contributed by atoms with Gasteiger partial charge in [-0.05, 0) is 33.7 Å². The first-order chi connectivity index (χ1) is 6.93. The van der Waals surface area contributed by atoms with Crippen molar-refractivity contribution >= 4 is 5.97 Å². The zero-order chi connectivity index (χ0) is 11.5. The van der Waals surface area contributed by atoms with Crippen molar-refractivity contribution in [1.29, 1.82) is 0 Å². The molecule has 15 heavy (non-hydrogen) atoms. The average Bonchev–Trinajstić information content (AvgIpc) is 2.16. The van der Waals surface area contributed by atoms with E-state index in [-0.39, 0.29) is 0 Å². The third-order valence-electron chi connectivity index (χ3n) is 3.24. The summed E-state index contributed by atoms with van der Waals surface area (Å²) in [4.78, 5) is 13.3. The monoisotopic (exact) mass is 214 g/mol. The number of carbonyl (C=O) groups is 1. The Morgan fingerprint density at radius 1 is 1.60 bits per heavy atom. The molecule has 0 bridgehead atoms. The third-order valence-corrected chi connectivity index (χ3v) is 3.24. The molecule has 1 heterocycles. The summed E-state index contributed by atoms with van der Waals surface area (Å²) in [5.41, 5.74) is -0.607. The number of aliphatic carboxylic acids is 1. The van der Waals surface area contributed by atoms with Gasteiger partial charge in [-0.25, -0.2) is 0 Å². The summed E-state index contributed by atoms with van der Waals surface area (Å²) in [6.07, 6.45) is 0.715. The second-order valence-electron chi connectivity index (χ2n) is 5.03. The molecule has 0 aliphatic carbocycles. The van der Waals surface area contributed by atoms with Crippen LogP contribution in [-0.2, 0) is 4.79 Å². The second-order valence-corrected chi connectivity index (χ2v) is 5.03. The van der Waals surface area contributed by atoms with E-state index in [9.17, 15) is 4.79 Å². The number of nitrogens with zero attached hydrogens (tertiary/aromatic N) is 1. The highest BCUT2D eigenvalue weighted by atomic mass is 16.4. The maximum Gasteiger partial charge on any atom is 0.309 e. The average molecular weight is 214 g/mol. The van der Waals surface area contributed by atoms with Crippen LogP contribution in [0, 0.1) is 5.41 Å². The fourth-order valence-corrected chi connectivity index (χ4v) is 1.75. The van der Waals surface area contributed by atoms with Gasteiger partial charge in [-0.15, -0.1) is 0 Å². The van der Waals surface area contributed by atoms with Crippen molar-refractivity contribution in [3.05, 3.63) is 0 Å². The van der Waals surface area contributed by atoms with Gasteiger partial charge in [-0.1, -0.05) is 0 Å². The lowest BCUT2D eigenvalue weighted by molar-refractivity contribution is -0.147. The molecule has 1 fully saturated rings. The van der Waals surface area contributed by atoms with E-state index in [1.54, 1.807) is 13.8 Å². The molecule has 0 saturated carbocycles. The largest absolute Gasteiger partial charge is 0.481 e. The van der Waals surface area contributed by atoms with Gasteiger partial charge in [0, 0.05) is 25.7 Å². The van der Waals surface area contributed by atoms with E-state index in [1.165, 1.54) is 0 Å². The Kier molecular flexibility index (Phi) is 4.11. The molecule has 0 aromatic heterocycles. The van der Waals surface area contributed by atoms with Crippen LogP contribution in [0.3, 0.4) is 0 Å². The predicted molar refractivity (Wildman–Crippen MR) is 59.9 cm³/mol. The summed E-state index contributed by atoms with van der Waals surface area (Å²) in [5, 5.41) is 12.3. The smallest absolute Gasteiger partial charge is 0.309 e. The number of nitrogens with one attached hydrogen (secondary N) is 1. The minimum atomic E-state index is -0.703. The molecule has 0 amide bonds. The molecular formula is C11H22N2O2. The molecule has 4 heteroatoms. The third kappa shape index (κ3) is 3.47. The lowest BCUT2D eigenvalue weighted by Crippen LogP contribution is -2.50. The lowest BCUT2D eigenvalue weighted by atomic mass is 9.89. The minimum Gasteiger partial charge on any atom is -0.481 e. The molecule has 2 N–H and O–H groups in total. The van der Waals surface area contributed by atoms with Crippen LogP contribution in [0.5, 0.6) is 0 Å². The van der Waals surface area contributed by atoms with Crippen molar-refractivity contribution in [2.75, 3.05) is 26.2 Å². The molecule has 1 saturated heterocycles. The van der Waals surface area contributed by atoms with Gasteiger partial charge in [0.25, 0.3) is 0 Å². The molecule has 0 spiro atoms. The highest BCUT2D eigenvalue weighted by Gasteiger charge is 2.28. The first kappa shape index (κ1) is 12.5. The summed E-state index contributed by atoms with van der Waals surface area (Å²) in [5.74, 6) is -0.703. The molecular weight excluding hydrogens is 192 g/mol. The standard InChI is InChI=1S/C11H22N2O2/c1-9-8-12-5-7-13(9)6-4-11(2,3)10(14)15/h9,12H,4-8H2,1-3H3,(H,14,15). The maximum atomic E-state index is 10.9. The van der Waals surface area contributed by atoms with E-state index in [0.717, 1.165) is 26.2 Å². The van der Waals surface area contributed by atoms with Crippen LogP contribution in [0.15, 0.2) is 0 Å². The molecule has 1 aliphatic rings. The van der Waals surface area contributed by atoms with Gasteiger partial charge in [0.2, 0.25) is 0 Å². The highest BCUT2D eigenvalue weighted by Crippen LogP contribution is 2.21. The normalized spacial score (nSPS) is 24.1. The number of piperazine rings is 1. The molecule has 4 nitrogen and oxygen atoms in total. The minimum absolute atomic E-state index is 0.517. The predicted octanol–water partition coefficient (Wildman–Crippen LogP) is 0.781. The summed E-state index contributed by atoms with van der Waals surface area (Å²) >= 11 is 0. The van der Waals surface area contributed by atoms with E-state index in [1.807, 2.05) is 0 Å². The number of carboxylic acid groups (broad SMARTS) is 1. The number of hydrogen-bond donors (Lipinski definition) is 2. The van der Waals surface area contributed by atoms with Crippen LogP contribution >= 0.6 is 0 Å². The second kappa shape index (κ2) is 4.94. The summed E-state index contributed by atoms with van der Waals surface area (Å²) in [6.45, 7) is 9.69. The Bertz CT molecular complexity index is 229. The fourth-order valence-electron chi connectivity index (χ4n) is 1.75. The van der Waals surface area contributed by atoms with Gasteiger partial charge in [-0.2, -0.15) is 0 Å². The Morgan fingerprint density at radius 3 is 2.80 bits per heavy atom. The van der Waals surface area contributed by atoms with Gasteiger partial charge in [-0.3, -0.25) is 9.69 Å². The van der Waals surface area contributed by atoms with E-state index < -0.39 is 11.4 Å². The molecule has 1 aliphatic heterocycles. The molecule has 88 valence electrons. The van der Waals surface area contributed by atoms with E-state index in [2.05, 4.69) is 17.1 Å². The van der Waals surface area contributed by atoms with E-state index in [0.29, 0.717) is 12.5 Å². The summed E-state index contributed by atoms with van der Waals surface area (Å²) in [6, 6.07) is 0.517. The van der Waals surface area contributed by atoms with E-state index >= 15 is 0 Å². The van der Waals surface area contributed by atoms with Gasteiger partial charge in [0.15, 0.2) is 0 Å². The van der Waals surface area contributed by atoms with Crippen LogP contribution in [0.25, 0.3) is 0 Å². The highest BCUT2D eigenvalue weighted by molar-refractivity contribution is 5.73. The van der Waals surface area contributed by atoms with Gasteiger partial charge < -0.3 is 10.4 Å². The Balaban J connectivity index is 2.38. The molecule has 0 radical (unpaired) electrons. The number of carboxylic acids is 1. The zero-order valence-electron chi connectivity index (χ0n) is 9.92. The zero-order valence-corrected chi connectivity index (χ0v) is 9.92. The van der Waals surface area contributed by atoms with Crippen molar-refractivity contribution in [2.45, 2.75) is 33.2 Å². The van der Waals surface area contributed by atoms with Gasteiger partial charge in [0.05, 0.1) is 5.41 Å². The van der Waals surface area contributed by atoms with Crippen LogP contribution in [-0.4, -0.2) is 48.2 Å². The van der Waals surface area contributed by atoms with Crippen LogP contribution in [0.2, 0.25) is 0 Å². The van der Waals surface area contributed by atoms with Crippen molar-refractivity contribution in [2.24, 2.45) is 5.41 Å². The first-order valence-corrected chi connectivity index (χ1v) is 5.61. The van der Waals surface area contributed by atoms with Crippen molar-refractivity contribution in [1.82, 2.24) is 10.2 Å². The van der Waals surface area contributed by atoms with Crippen LogP contribution in [0.4, 0.5) is 0 Å². The number of hydrogen-bond acceptors (Lipinski definition) is 3. The molecule has 0 aromatic rings. The number of rotatable bonds is 4. The Hall–Kier alpha value is -0.610. The first-order valence-electron chi connectivity index (χ1n) is 5.61.